The molecule has 1 fully saturated rings. The predicted molar refractivity (Wildman–Crippen MR) is 91.6 cm³/mol. The first-order valence-electron chi connectivity index (χ1n) is 7.38. The highest BCUT2D eigenvalue weighted by atomic mass is 32.2. The van der Waals surface area contributed by atoms with Gasteiger partial charge in [-0.2, -0.15) is 16.1 Å². The predicted octanol–water partition coefficient (Wildman–Crippen LogP) is 2.76. The Hall–Kier alpha value is -0.0800. The van der Waals surface area contributed by atoms with Gasteiger partial charge in [-0.3, -0.25) is 0 Å². The summed E-state index contributed by atoms with van der Waals surface area (Å²) in [6.07, 6.45) is 1.08. The Kier molecular flexibility index (Phi) is 6.14. The Labute approximate surface area is 136 Å². The van der Waals surface area contributed by atoms with Crippen LogP contribution < -0.4 is 5.32 Å². The molecule has 0 aromatic carbocycles. The lowest BCUT2D eigenvalue weighted by Gasteiger charge is -2.35. The highest BCUT2D eigenvalue weighted by molar-refractivity contribution is 8.00. The van der Waals surface area contributed by atoms with Crippen LogP contribution in [0.3, 0.4) is 0 Å². The van der Waals surface area contributed by atoms with Crippen LogP contribution in [0.5, 0.6) is 0 Å². The molecule has 0 amide bonds. The molecule has 0 bridgehead atoms. The molecule has 1 aliphatic rings. The fourth-order valence-electron chi connectivity index (χ4n) is 2.35. The number of rotatable bonds is 6. The van der Waals surface area contributed by atoms with E-state index in [1.807, 2.05) is 30.1 Å². The van der Waals surface area contributed by atoms with Crippen molar-refractivity contribution in [2.24, 2.45) is 0 Å². The highest BCUT2D eigenvalue weighted by Crippen LogP contribution is 2.31. The third-order valence-corrected chi connectivity index (χ3v) is 8.56. The number of hydrogen-bond acceptors (Lipinski definition) is 5. The molecule has 1 aliphatic heterocycles. The van der Waals surface area contributed by atoms with Crippen LogP contribution in [0.4, 0.5) is 0 Å². The number of nitrogens with zero attached hydrogens (tertiary/aromatic N) is 1. The first-order chi connectivity index (χ1) is 9.96. The maximum atomic E-state index is 12.8. The smallest absolute Gasteiger partial charge is 0.252 e. The molecular weight excluding hydrogens is 324 g/mol. The fraction of sp³-hybridized carbons (Fsp3) is 0.714. The third kappa shape index (κ3) is 4.01. The van der Waals surface area contributed by atoms with Gasteiger partial charge < -0.3 is 5.32 Å². The molecule has 7 heteroatoms. The van der Waals surface area contributed by atoms with Crippen LogP contribution in [0, 0.1) is 0 Å². The van der Waals surface area contributed by atoms with Crippen molar-refractivity contribution < 1.29 is 8.42 Å². The van der Waals surface area contributed by atoms with Crippen LogP contribution in [0.2, 0.25) is 0 Å². The number of hydrogen-bond donors (Lipinski definition) is 1. The lowest BCUT2D eigenvalue weighted by molar-refractivity contribution is 0.341. The standard InChI is InChI=1S/C14H24N2O2S3/c1-4-5-15-9-13-8-14(20-10-13)21(17,18)16-6-7-19-12(3)11(16)2/h8,10-12,15H,4-7,9H2,1-3H3. The third-order valence-electron chi connectivity index (χ3n) is 3.77. The van der Waals surface area contributed by atoms with Crippen molar-refractivity contribution in [1.82, 2.24) is 9.62 Å². The molecule has 2 heterocycles. The van der Waals surface area contributed by atoms with E-state index in [1.54, 1.807) is 4.31 Å². The molecule has 2 rings (SSSR count). The Bertz CT molecular complexity index is 556. The van der Waals surface area contributed by atoms with Gasteiger partial charge in [0.05, 0.1) is 0 Å². The van der Waals surface area contributed by atoms with Crippen LogP contribution in [-0.2, 0) is 16.6 Å². The van der Waals surface area contributed by atoms with E-state index in [0.717, 1.165) is 30.8 Å². The van der Waals surface area contributed by atoms with Gasteiger partial charge in [-0.1, -0.05) is 13.8 Å². The van der Waals surface area contributed by atoms with Crippen molar-refractivity contribution in [1.29, 1.82) is 0 Å². The first kappa shape index (κ1) is 17.3. The van der Waals surface area contributed by atoms with Crippen molar-refractivity contribution in [3.63, 3.8) is 0 Å². The Balaban J connectivity index is 2.12. The van der Waals surface area contributed by atoms with E-state index >= 15 is 0 Å². The second kappa shape index (κ2) is 7.46. The minimum atomic E-state index is -3.34. The fourth-order valence-corrected chi connectivity index (χ4v) is 6.68. The van der Waals surface area contributed by atoms with Crippen LogP contribution in [0.25, 0.3) is 0 Å². The van der Waals surface area contributed by atoms with Crippen LogP contribution in [0.15, 0.2) is 15.7 Å². The van der Waals surface area contributed by atoms with Gasteiger partial charge in [0.2, 0.25) is 0 Å². The second-order valence-electron chi connectivity index (χ2n) is 5.38. The summed E-state index contributed by atoms with van der Waals surface area (Å²) in [4.78, 5) is 0. The minimum absolute atomic E-state index is 0.0533. The topological polar surface area (TPSA) is 49.4 Å². The summed E-state index contributed by atoms with van der Waals surface area (Å²) in [6.45, 7) is 8.53. The van der Waals surface area contributed by atoms with E-state index in [9.17, 15) is 8.42 Å². The monoisotopic (exact) mass is 348 g/mol. The molecule has 0 radical (unpaired) electrons. The summed E-state index contributed by atoms with van der Waals surface area (Å²) in [5, 5.41) is 5.60. The van der Waals surface area contributed by atoms with Crippen molar-refractivity contribution >= 4 is 33.1 Å². The van der Waals surface area contributed by atoms with Gasteiger partial charge in [-0.25, -0.2) is 8.42 Å². The molecule has 4 nitrogen and oxygen atoms in total. The van der Waals surface area contributed by atoms with Crippen LogP contribution in [0.1, 0.15) is 32.8 Å². The molecule has 1 N–H and O–H groups in total. The molecule has 1 saturated heterocycles. The summed E-state index contributed by atoms with van der Waals surface area (Å²) in [5.41, 5.74) is 1.05. The average Bonchev–Trinajstić information content (AvgIpc) is 2.91. The van der Waals surface area contributed by atoms with E-state index in [1.165, 1.54) is 11.3 Å². The highest BCUT2D eigenvalue weighted by Gasteiger charge is 2.35. The summed E-state index contributed by atoms with van der Waals surface area (Å²) < 4.78 is 27.7. The molecule has 0 aliphatic carbocycles. The molecule has 0 saturated carbocycles. The molecule has 120 valence electrons. The second-order valence-corrected chi connectivity index (χ2v) is 9.90. The summed E-state index contributed by atoms with van der Waals surface area (Å²) in [6, 6.07) is 1.87. The van der Waals surface area contributed by atoms with Crippen molar-refractivity contribution in [2.75, 3.05) is 18.8 Å². The average molecular weight is 349 g/mol. The maximum Gasteiger partial charge on any atom is 0.252 e. The van der Waals surface area contributed by atoms with Gasteiger partial charge in [0.25, 0.3) is 10.0 Å². The van der Waals surface area contributed by atoms with Gasteiger partial charge in [0, 0.05) is 30.1 Å². The Morgan fingerprint density at radius 2 is 2.19 bits per heavy atom. The Morgan fingerprint density at radius 3 is 2.90 bits per heavy atom. The summed E-state index contributed by atoms with van der Waals surface area (Å²) in [7, 11) is -3.34. The number of sulfonamides is 1. The zero-order chi connectivity index (χ0) is 15.5. The summed E-state index contributed by atoms with van der Waals surface area (Å²) >= 11 is 3.18. The lowest BCUT2D eigenvalue weighted by atomic mass is 10.2. The molecule has 21 heavy (non-hydrogen) atoms. The molecular formula is C14H24N2O2S3. The van der Waals surface area contributed by atoms with Gasteiger partial charge >= 0.3 is 0 Å². The van der Waals surface area contributed by atoms with Crippen LogP contribution in [-0.4, -0.2) is 42.9 Å². The van der Waals surface area contributed by atoms with Gasteiger partial charge in [0.15, 0.2) is 0 Å². The van der Waals surface area contributed by atoms with E-state index in [2.05, 4.69) is 19.2 Å². The number of thiophene rings is 1. The minimum Gasteiger partial charge on any atom is -0.313 e. The Morgan fingerprint density at radius 1 is 1.43 bits per heavy atom. The SMILES string of the molecule is CCCNCc1csc(S(=O)(=O)N2CCSC(C)C2C)c1. The summed E-state index contributed by atoms with van der Waals surface area (Å²) in [5.74, 6) is 0.876. The normalized spacial score (nSPS) is 24.3. The van der Waals surface area contributed by atoms with E-state index in [-0.39, 0.29) is 6.04 Å². The maximum absolute atomic E-state index is 12.8. The van der Waals surface area contributed by atoms with Gasteiger partial charge in [-0.05, 0) is 36.9 Å². The zero-order valence-electron chi connectivity index (χ0n) is 12.8. The van der Waals surface area contributed by atoms with E-state index < -0.39 is 10.0 Å². The largest absolute Gasteiger partial charge is 0.313 e. The number of nitrogens with one attached hydrogen (secondary N) is 1. The van der Waals surface area contributed by atoms with Crippen molar-refractivity contribution in [2.45, 2.75) is 49.2 Å². The number of thioether (sulfide) groups is 1. The van der Waals surface area contributed by atoms with Crippen LogP contribution >= 0.6 is 23.1 Å². The quantitative estimate of drug-likeness (QED) is 0.803. The molecule has 0 spiro atoms. The van der Waals surface area contributed by atoms with E-state index in [0.29, 0.717) is 16.0 Å². The molecule has 1 aromatic heterocycles. The van der Waals surface area contributed by atoms with Crippen molar-refractivity contribution in [3.05, 3.63) is 17.0 Å². The lowest BCUT2D eigenvalue weighted by Crippen LogP contribution is -2.47. The van der Waals surface area contributed by atoms with Gasteiger partial charge in [0.1, 0.15) is 4.21 Å². The van der Waals surface area contributed by atoms with Gasteiger partial charge in [-0.15, -0.1) is 11.3 Å². The molecule has 1 aromatic rings. The molecule has 2 unspecified atom stereocenters. The first-order valence-corrected chi connectivity index (χ1v) is 10.7. The van der Waals surface area contributed by atoms with Crippen molar-refractivity contribution in [3.8, 4) is 0 Å². The van der Waals surface area contributed by atoms with E-state index in [4.69, 9.17) is 0 Å². The zero-order valence-corrected chi connectivity index (χ0v) is 15.3. The molecule has 2 atom stereocenters.